The smallest absolute Gasteiger partial charge is 0.291 e. The number of nitrogens with one attached hydrogen (secondary N) is 1. The lowest BCUT2D eigenvalue weighted by Crippen LogP contribution is -3.00. The van der Waals surface area contributed by atoms with E-state index in [1.54, 1.807) is 35.6 Å². The van der Waals surface area contributed by atoms with E-state index in [1.807, 2.05) is 0 Å². The summed E-state index contributed by atoms with van der Waals surface area (Å²) >= 11 is 0. The summed E-state index contributed by atoms with van der Waals surface area (Å²) in [5.41, 5.74) is -0.346. The van der Waals surface area contributed by atoms with Crippen LogP contribution in [0, 0.1) is 17.7 Å². The largest absolute Gasteiger partial charge is 0.387 e. The van der Waals surface area contributed by atoms with Gasteiger partial charge in [-0.1, -0.05) is 30.3 Å². The molecule has 0 unspecified atom stereocenters. The highest BCUT2D eigenvalue weighted by molar-refractivity contribution is 6.25. The average Bonchev–Trinajstić information content (AvgIpc) is 3.28. The minimum absolute atomic E-state index is 0.136. The summed E-state index contributed by atoms with van der Waals surface area (Å²) in [6.45, 7) is 1.53. The number of amides is 3. The zero-order valence-corrected chi connectivity index (χ0v) is 15.5. The fourth-order valence-corrected chi connectivity index (χ4v) is 5.15. The molecule has 7 nitrogen and oxygen atoms in total. The van der Waals surface area contributed by atoms with Gasteiger partial charge < -0.3 is 15.7 Å². The maximum Gasteiger partial charge on any atom is 0.291 e. The van der Waals surface area contributed by atoms with Crippen LogP contribution in [0.5, 0.6) is 0 Å². The van der Waals surface area contributed by atoms with Crippen molar-refractivity contribution in [2.75, 3.05) is 10.2 Å². The molecule has 3 aliphatic rings. The average molecular weight is 396 g/mol. The number of benzene rings is 2. The number of hydrogen-bond donors (Lipinski definition) is 3. The van der Waals surface area contributed by atoms with Crippen molar-refractivity contribution in [2.45, 2.75) is 24.6 Å². The highest BCUT2D eigenvalue weighted by atomic mass is 19.1. The van der Waals surface area contributed by atoms with Crippen molar-refractivity contribution in [2.24, 2.45) is 11.8 Å². The molecule has 29 heavy (non-hydrogen) atoms. The molecule has 3 amide bonds. The van der Waals surface area contributed by atoms with Gasteiger partial charge in [-0.2, -0.15) is 0 Å². The third kappa shape index (κ3) is 2.15. The van der Waals surface area contributed by atoms with Crippen molar-refractivity contribution in [3.05, 3.63) is 59.9 Å². The summed E-state index contributed by atoms with van der Waals surface area (Å²) in [5, 5.41) is 14.8. The molecule has 1 spiro atoms. The van der Waals surface area contributed by atoms with E-state index in [2.05, 4.69) is 5.32 Å². The Morgan fingerprint density at radius 3 is 2.52 bits per heavy atom. The molecule has 3 aliphatic heterocycles. The van der Waals surface area contributed by atoms with Gasteiger partial charge in [0.25, 0.3) is 5.91 Å². The Labute approximate surface area is 165 Å². The van der Waals surface area contributed by atoms with E-state index in [-0.39, 0.29) is 5.69 Å². The van der Waals surface area contributed by atoms with Gasteiger partial charge in [0, 0.05) is 5.56 Å². The highest BCUT2D eigenvalue weighted by Crippen LogP contribution is 2.50. The molecule has 2 fully saturated rings. The number of anilines is 2. The van der Waals surface area contributed by atoms with E-state index < -0.39 is 53.1 Å². The van der Waals surface area contributed by atoms with E-state index in [0.29, 0.717) is 11.3 Å². The number of nitrogens with zero attached hydrogens (tertiary/aromatic N) is 1. The van der Waals surface area contributed by atoms with Gasteiger partial charge in [-0.05, 0) is 25.1 Å². The lowest BCUT2D eigenvalue weighted by atomic mass is 9.76. The van der Waals surface area contributed by atoms with E-state index in [0.717, 1.165) is 4.90 Å². The Bertz CT molecular complexity index is 1070. The van der Waals surface area contributed by atoms with Crippen molar-refractivity contribution in [3.8, 4) is 0 Å². The van der Waals surface area contributed by atoms with Crippen LogP contribution in [0.3, 0.4) is 0 Å². The maximum atomic E-state index is 14.4. The minimum atomic E-state index is -1.38. The van der Waals surface area contributed by atoms with Crippen LogP contribution in [0.1, 0.15) is 12.5 Å². The van der Waals surface area contributed by atoms with Crippen LogP contribution in [0.4, 0.5) is 15.8 Å². The lowest BCUT2D eigenvalue weighted by molar-refractivity contribution is -0.738. The van der Waals surface area contributed by atoms with Crippen LogP contribution in [-0.4, -0.2) is 35.0 Å². The predicted molar refractivity (Wildman–Crippen MR) is 100 cm³/mol. The van der Waals surface area contributed by atoms with Gasteiger partial charge in [0.15, 0.2) is 0 Å². The van der Waals surface area contributed by atoms with E-state index >= 15 is 0 Å². The highest BCUT2D eigenvalue weighted by Gasteiger charge is 2.75. The molecule has 5 atom stereocenters. The number of rotatable bonds is 2. The first-order valence-corrected chi connectivity index (χ1v) is 9.45. The Hall–Kier alpha value is -3.10. The Kier molecular flexibility index (Phi) is 3.68. The van der Waals surface area contributed by atoms with Crippen LogP contribution < -0.4 is 15.5 Å². The molecule has 2 aromatic rings. The van der Waals surface area contributed by atoms with Gasteiger partial charge in [0.05, 0.1) is 11.4 Å². The zero-order chi connectivity index (χ0) is 20.5. The van der Waals surface area contributed by atoms with Crippen molar-refractivity contribution in [1.29, 1.82) is 0 Å². The normalized spacial score (nSPS) is 31.2. The molecule has 3 heterocycles. The molecule has 2 aromatic carbocycles. The molecule has 0 bridgehead atoms. The van der Waals surface area contributed by atoms with Crippen molar-refractivity contribution < 1.29 is 29.2 Å². The van der Waals surface area contributed by atoms with Gasteiger partial charge in [-0.3, -0.25) is 14.4 Å². The Morgan fingerprint density at radius 1 is 1.10 bits per heavy atom. The molecule has 0 saturated carbocycles. The van der Waals surface area contributed by atoms with Crippen LogP contribution >= 0.6 is 0 Å². The number of para-hydroxylation sites is 2. The summed E-state index contributed by atoms with van der Waals surface area (Å²) in [7, 11) is 0. The minimum Gasteiger partial charge on any atom is -0.387 e. The van der Waals surface area contributed by atoms with Gasteiger partial charge in [0.2, 0.25) is 17.4 Å². The third-order valence-electron chi connectivity index (χ3n) is 6.36. The first-order valence-electron chi connectivity index (χ1n) is 9.45. The number of carbonyl (C=O) groups is 3. The first-order chi connectivity index (χ1) is 13.9. The van der Waals surface area contributed by atoms with Crippen molar-refractivity contribution in [3.63, 3.8) is 0 Å². The number of carbonyl (C=O) groups excluding carboxylic acids is 3. The van der Waals surface area contributed by atoms with E-state index in [9.17, 15) is 23.9 Å². The monoisotopic (exact) mass is 396 g/mol. The second kappa shape index (κ2) is 5.95. The topological polar surface area (TPSA) is 103 Å². The summed E-state index contributed by atoms with van der Waals surface area (Å²) < 4.78 is 14.4. The first kappa shape index (κ1) is 18.0. The molecular weight excluding hydrogens is 377 g/mol. The van der Waals surface area contributed by atoms with Gasteiger partial charge in [-0.15, -0.1) is 0 Å². The molecule has 5 rings (SSSR count). The van der Waals surface area contributed by atoms with E-state index in [4.69, 9.17) is 0 Å². The number of hydrogen-bond acceptors (Lipinski definition) is 4. The number of aliphatic hydroxyl groups is 1. The number of nitrogens with two attached hydrogens (primary N) is 1. The molecule has 0 radical (unpaired) electrons. The van der Waals surface area contributed by atoms with Gasteiger partial charge in [-0.25, -0.2) is 9.29 Å². The Morgan fingerprint density at radius 2 is 1.79 bits per heavy atom. The Balaban J connectivity index is 1.71. The second-order valence-electron chi connectivity index (χ2n) is 7.82. The molecule has 4 N–H and O–H groups in total. The molecular formula is C21H19FN3O4+. The van der Waals surface area contributed by atoms with Crippen molar-refractivity contribution >= 4 is 29.1 Å². The number of quaternary nitrogens is 1. The second-order valence-corrected chi connectivity index (χ2v) is 7.82. The zero-order valence-electron chi connectivity index (χ0n) is 15.5. The van der Waals surface area contributed by atoms with Gasteiger partial charge >= 0.3 is 0 Å². The van der Waals surface area contributed by atoms with Crippen LogP contribution in [0.15, 0.2) is 48.5 Å². The number of halogens is 1. The van der Waals surface area contributed by atoms with Crippen molar-refractivity contribution in [1.82, 2.24) is 0 Å². The number of imide groups is 1. The molecule has 2 saturated heterocycles. The lowest BCUT2D eigenvalue weighted by Gasteiger charge is -2.27. The summed E-state index contributed by atoms with van der Waals surface area (Å²) in [4.78, 5) is 40.8. The number of fused-ring (bicyclic) bond motifs is 4. The van der Waals surface area contributed by atoms with Gasteiger partial charge in [0.1, 0.15) is 29.8 Å². The summed E-state index contributed by atoms with van der Waals surface area (Å²) in [6.07, 6.45) is -0.959. The predicted octanol–water partition coefficient (Wildman–Crippen LogP) is 0.105. The standard InChI is InChI=1S/C21H18FN3O4/c1-10(26)17-15-16(19(28)25(18(15)27)14-9-5-3-7-12(14)22)21(24-17)11-6-2-4-8-13(11)23-20(21)29/h2-10,15-17,24,26H,1H3,(H,23,29)/p+1/t10-,15+,16-,17-,21+/m1/s1. The number of aliphatic hydroxyl groups excluding tert-OH is 1. The fourth-order valence-electron chi connectivity index (χ4n) is 5.15. The summed E-state index contributed by atoms with van der Waals surface area (Å²) in [5.74, 6) is -4.32. The fraction of sp³-hybridized carbons (Fsp3) is 0.286. The molecule has 148 valence electrons. The van der Waals surface area contributed by atoms with Crippen LogP contribution in [-0.2, 0) is 19.9 Å². The molecule has 8 heteroatoms. The maximum absolute atomic E-state index is 14.4. The molecule has 0 aromatic heterocycles. The summed E-state index contributed by atoms with van der Waals surface area (Å²) in [6, 6.07) is 11.8. The van der Waals surface area contributed by atoms with E-state index in [1.165, 1.54) is 25.1 Å². The molecule has 0 aliphatic carbocycles. The quantitative estimate of drug-likeness (QED) is 0.627. The third-order valence-corrected chi connectivity index (χ3v) is 6.36. The van der Waals surface area contributed by atoms with Crippen LogP contribution in [0.2, 0.25) is 0 Å². The SMILES string of the molecule is C[C@@H](O)[C@H]1[NH2+][C@]2(C(=O)Nc3ccccc32)[C@H]2C(=O)N(c3ccccc3F)C(=O)[C@H]12. The van der Waals surface area contributed by atoms with Crippen LogP contribution in [0.25, 0.3) is 0 Å².